The van der Waals surface area contributed by atoms with Crippen LogP contribution < -0.4 is 25.1 Å². The Morgan fingerprint density at radius 3 is 2.49 bits per heavy atom. The summed E-state index contributed by atoms with van der Waals surface area (Å²) in [6.45, 7) is 4.04. The Morgan fingerprint density at radius 1 is 1.03 bits per heavy atom. The van der Waals surface area contributed by atoms with Crippen LogP contribution in [0.15, 0.2) is 93.2 Å². The molecule has 1 N–H and O–H groups in total. The Morgan fingerprint density at radius 2 is 1.78 bits per heavy atom. The van der Waals surface area contributed by atoms with Gasteiger partial charge in [-0.3, -0.25) is 14.2 Å². The molecular weight excluding hydrogens is 500 g/mol. The van der Waals surface area contributed by atoms with Gasteiger partial charge in [-0.2, -0.15) is 0 Å². The van der Waals surface area contributed by atoms with Crippen molar-refractivity contribution < 1.29 is 4.79 Å². The van der Waals surface area contributed by atoms with Crippen molar-refractivity contribution in [1.29, 1.82) is 0 Å². The maximum atomic E-state index is 13.8. The Bertz CT molecular complexity index is 1640. The molecule has 2 aromatic carbocycles. The van der Waals surface area contributed by atoms with Gasteiger partial charge in [-0.1, -0.05) is 47.7 Å². The maximum Gasteiger partial charge on any atom is 0.271 e. The van der Waals surface area contributed by atoms with E-state index in [1.54, 1.807) is 4.57 Å². The first kappa shape index (κ1) is 23.6. The number of carbonyl (C=O) groups is 1. The van der Waals surface area contributed by atoms with Crippen molar-refractivity contribution >= 4 is 46.0 Å². The molecule has 2 aliphatic rings. The zero-order valence-electron chi connectivity index (χ0n) is 20.4. The lowest BCUT2D eigenvalue weighted by atomic mass is 10.0. The first-order chi connectivity index (χ1) is 18.1. The molecule has 1 amide bonds. The molecule has 0 radical (unpaired) electrons. The lowest BCUT2D eigenvalue weighted by Crippen LogP contribution is -2.40. The quantitative estimate of drug-likeness (QED) is 0.415. The van der Waals surface area contributed by atoms with Crippen molar-refractivity contribution in [3.8, 4) is 0 Å². The third kappa shape index (κ3) is 4.58. The van der Waals surface area contributed by atoms with Gasteiger partial charge in [0.15, 0.2) is 4.80 Å². The monoisotopic (exact) mass is 526 g/mol. The highest BCUT2D eigenvalue weighted by Gasteiger charge is 2.33. The summed E-state index contributed by atoms with van der Waals surface area (Å²) < 4.78 is 2.28. The zero-order chi connectivity index (χ0) is 25.4. The van der Waals surface area contributed by atoms with Crippen molar-refractivity contribution in [2.45, 2.75) is 25.8 Å². The van der Waals surface area contributed by atoms with Crippen LogP contribution in [0, 0.1) is 0 Å². The van der Waals surface area contributed by atoms with E-state index < -0.39 is 6.04 Å². The van der Waals surface area contributed by atoms with Gasteiger partial charge in [-0.25, -0.2) is 4.99 Å². The van der Waals surface area contributed by atoms with Crippen molar-refractivity contribution in [3.05, 3.63) is 114 Å². The summed E-state index contributed by atoms with van der Waals surface area (Å²) in [4.78, 5) is 35.9. The molecule has 6 nitrogen and oxygen atoms in total. The van der Waals surface area contributed by atoms with Crippen LogP contribution in [-0.2, 0) is 4.79 Å². The zero-order valence-corrected chi connectivity index (χ0v) is 22.0. The van der Waals surface area contributed by atoms with Gasteiger partial charge in [0.1, 0.15) is 6.04 Å². The van der Waals surface area contributed by atoms with Gasteiger partial charge >= 0.3 is 0 Å². The molecule has 37 heavy (non-hydrogen) atoms. The topological polar surface area (TPSA) is 66.7 Å². The number of nitrogens with zero attached hydrogens (tertiary/aromatic N) is 3. The molecule has 0 aliphatic carbocycles. The number of amides is 1. The van der Waals surface area contributed by atoms with Gasteiger partial charge in [0.2, 0.25) is 0 Å². The van der Waals surface area contributed by atoms with Crippen LogP contribution in [0.2, 0.25) is 0 Å². The summed E-state index contributed by atoms with van der Waals surface area (Å²) in [5.41, 5.74) is 3.86. The second-order valence-electron chi connectivity index (χ2n) is 9.20. The number of benzene rings is 2. The lowest BCUT2D eigenvalue weighted by molar-refractivity contribution is -0.113. The van der Waals surface area contributed by atoms with E-state index in [-0.39, 0.29) is 11.5 Å². The van der Waals surface area contributed by atoms with Gasteiger partial charge in [0, 0.05) is 29.3 Å². The molecule has 1 atom stereocenters. The van der Waals surface area contributed by atoms with Crippen LogP contribution >= 0.6 is 22.7 Å². The number of thiophene rings is 1. The van der Waals surface area contributed by atoms with Crippen LogP contribution in [0.4, 0.5) is 11.4 Å². The molecule has 6 rings (SSSR count). The van der Waals surface area contributed by atoms with E-state index in [1.165, 1.54) is 41.2 Å². The number of aromatic nitrogens is 1. The van der Waals surface area contributed by atoms with E-state index in [2.05, 4.69) is 34.5 Å². The number of fused-ring (bicyclic) bond motifs is 1. The van der Waals surface area contributed by atoms with Crippen LogP contribution in [0.3, 0.4) is 0 Å². The number of hydrogen-bond acceptors (Lipinski definition) is 6. The predicted octanol–water partition coefficient (Wildman–Crippen LogP) is 4.54. The standard InChI is InChI=1S/C29H26N4O2S2/c1-19-25(27(34)31-21-8-3-2-4-9-21)26(23-10-7-17-36-23)33-28(35)24(37-29(33)30-19)18-20-11-13-22(14-12-20)32-15-5-6-16-32/h2-4,7-14,17-18,26H,5-6,15-16H2,1H3,(H,31,34)/b24-18+/t26-/m0/s1. The van der Waals surface area contributed by atoms with E-state index in [1.807, 2.05) is 60.8 Å². The number of rotatable bonds is 5. The highest BCUT2D eigenvalue weighted by molar-refractivity contribution is 7.10. The number of anilines is 2. The Balaban J connectivity index is 1.40. The molecule has 0 unspecified atom stereocenters. The van der Waals surface area contributed by atoms with Crippen LogP contribution in [0.5, 0.6) is 0 Å². The average molecular weight is 527 g/mol. The lowest BCUT2D eigenvalue weighted by Gasteiger charge is -2.24. The molecule has 0 saturated carbocycles. The van der Waals surface area contributed by atoms with Gasteiger partial charge in [-0.05, 0) is 67.1 Å². The summed E-state index contributed by atoms with van der Waals surface area (Å²) in [5.74, 6) is -0.252. The number of nitrogens with one attached hydrogen (secondary N) is 1. The van der Waals surface area contributed by atoms with Crippen LogP contribution in [0.1, 0.15) is 36.2 Å². The largest absolute Gasteiger partial charge is 0.372 e. The molecule has 0 spiro atoms. The van der Waals surface area contributed by atoms with E-state index in [4.69, 9.17) is 4.99 Å². The third-order valence-corrected chi connectivity index (χ3v) is 8.68. The molecule has 4 heterocycles. The molecule has 2 aliphatic heterocycles. The number of thiazole rings is 1. The molecule has 8 heteroatoms. The van der Waals surface area contributed by atoms with E-state index in [9.17, 15) is 9.59 Å². The molecule has 4 aromatic rings. The first-order valence-corrected chi connectivity index (χ1v) is 14.1. The minimum atomic E-state index is -0.528. The minimum absolute atomic E-state index is 0.136. The van der Waals surface area contributed by atoms with Gasteiger partial charge in [0.25, 0.3) is 11.5 Å². The number of para-hydroxylation sites is 1. The summed E-state index contributed by atoms with van der Waals surface area (Å²) in [5, 5.41) is 4.95. The molecule has 186 valence electrons. The van der Waals surface area contributed by atoms with E-state index >= 15 is 0 Å². The summed E-state index contributed by atoms with van der Waals surface area (Å²) in [7, 11) is 0. The maximum absolute atomic E-state index is 13.8. The summed E-state index contributed by atoms with van der Waals surface area (Å²) in [6.07, 6.45) is 4.39. The van der Waals surface area contributed by atoms with Crippen LogP contribution in [-0.4, -0.2) is 23.6 Å². The average Bonchev–Trinajstić information content (AvgIpc) is 3.68. The normalized spacial score (nSPS) is 17.6. The summed E-state index contributed by atoms with van der Waals surface area (Å²) in [6, 6.07) is 21.1. The van der Waals surface area contributed by atoms with Crippen LogP contribution in [0.25, 0.3) is 6.08 Å². The molecule has 2 aromatic heterocycles. The van der Waals surface area contributed by atoms with E-state index in [0.29, 0.717) is 26.3 Å². The number of hydrogen-bond donors (Lipinski definition) is 1. The van der Waals surface area contributed by atoms with Gasteiger partial charge in [0.05, 0.1) is 15.8 Å². The van der Waals surface area contributed by atoms with Crippen molar-refractivity contribution in [1.82, 2.24) is 4.57 Å². The molecule has 0 bridgehead atoms. The molecule has 1 fully saturated rings. The fourth-order valence-corrected chi connectivity index (χ4v) is 6.83. The number of carbonyl (C=O) groups excluding carboxylic acids is 1. The van der Waals surface area contributed by atoms with E-state index in [0.717, 1.165) is 23.5 Å². The third-order valence-electron chi connectivity index (χ3n) is 6.77. The highest BCUT2D eigenvalue weighted by Crippen LogP contribution is 2.33. The molecular formula is C29H26N4O2S2. The first-order valence-electron chi connectivity index (χ1n) is 12.4. The Hall–Kier alpha value is -3.75. The summed E-state index contributed by atoms with van der Waals surface area (Å²) >= 11 is 2.90. The highest BCUT2D eigenvalue weighted by atomic mass is 32.1. The smallest absolute Gasteiger partial charge is 0.271 e. The van der Waals surface area contributed by atoms with Crippen molar-refractivity contribution in [2.24, 2.45) is 4.99 Å². The Kier molecular flexibility index (Phi) is 6.36. The second kappa shape index (κ2) is 9.95. The van der Waals surface area contributed by atoms with Crippen molar-refractivity contribution in [3.63, 3.8) is 0 Å². The SMILES string of the molecule is CC1=C(C(=O)Nc2ccccc2)[C@H](c2cccs2)n2c(s/c(=C/c3ccc(N4CCCC4)cc3)c2=O)=N1. The predicted molar refractivity (Wildman–Crippen MR) is 151 cm³/mol. The number of allylic oxidation sites excluding steroid dienone is 1. The minimum Gasteiger partial charge on any atom is -0.372 e. The fourth-order valence-electron chi connectivity index (χ4n) is 4.96. The molecule has 1 saturated heterocycles. The van der Waals surface area contributed by atoms with Crippen molar-refractivity contribution in [2.75, 3.05) is 23.3 Å². The van der Waals surface area contributed by atoms with Gasteiger partial charge in [-0.15, -0.1) is 11.3 Å². The van der Waals surface area contributed by atoms with Gasteiger partial charge < -0.3 is 10.2 Å². The second-order valence-corrected chi connectivity index (χ2v) is 11.2. The Labute approximate surface area is 222 Å². The fraction of sp³-hybridized carbons (Fsp3) is 0.207.